The zero-order valence-corrected chi connectivity index (χ0v) is 7.47. The lowest BCUT2D eigenvalue weighted by Gasteiger charge is -2.04. The van der Waals surface area contributed by atoms with Gasteiger partial charge in [-0.3, -0.25) is 0 Å². The second kappa shape index (κ2) is 4.96. The monoisotopic (exact) mass is 192 g/mol. The molecule has 1 rings (SSSR count). The molecule has 72 valence electrons. The molecule has 0 spiro atoms. The van der Waals surface area contributed by atoms with Crippen molar-refractivity contribution in [1.82, 2.24) is 0 Å². The van der Waals surface area contributed by atoms with Crippen LogP contribution in [0.2, 0.25) is 0 Å². The summed E-state index contributed by atoms with van der Waals surface area (Å²) in [6.07, 6.45) is 1.06. The van der Waals surface area contributed by atoms with Crippen molar-refractivity contribution in [2.24, 2.45) is 0 Å². The van der Waals surface area contributed by atoms with Crippen molar-refractivity contribution >= 4 is 13.7 Å². The van der Waals surface area contributed by atoms with Crippen molar-refractivity contribution in [1.29, 1.82) is 0 Å². The van der Waals surface area contributed by atoms with Crippen molar-refractivity contribution in [3.8, 4) is 11.5 Å². The lowest BCUT2D eigenvalue weighted by molar-refractivity contribution is -0.129. The Morgan fingerprint density at radius 1 is 1.43 bits per heavy atom. The van der Waals surface area contributed by atoms with E-state index in [9.17, 15) is 4.79 Å². The highest BCUT2D eigenvalue weighted by Crippen LogP contribution is 2.15. The molecule has 1 aromatic rings. The van der Waals surface area contributed by atoms with E-state index >= 15 is 0 Å². The van der Waals surface area contributed by atoms with Crippen LogP contribution >= 0.6 is 0 Å². The third-order valence-corrected chi connectivity index (χ3v) is 1.43. The molecule has 0 fully saturated rings. The first-order valence-corrected chi connectivity index (χ1v) is 3.93. The maximum absolute atomic E-state index is 10.6. The Kier molecular flexibility index (Phi) is 3.61. The van der Waals surface area contributed by atoms with Gasteiger partial charge in [-0.05, 0) is 24.3 Å². The normalized spacial score (nSPS) is 8.86. The SMILES string of the molecule is C=CC(=O)OBOc1ccc(O)cc1. The van der Waals surface area contributed by atoms with Gasteiger partial charge in [0.25, 0.3) is 0 Å². The molecule has 0 radical (unpaired) electrons. The smallest absolute Gasteiger partial charge is 0.528 e. The third kappa shape index (κ3) is 3.22. The summed E-state index contributed by atoms with van der Waals surface area (Å²) in [5.74, 6) is 0.129. The minimum absolute atomic E-state index is 0.153. The van der Waals surface area contributed by atoms with E-state index in [2.05, 4.69) is 11.2 Å². The van der Waals surface area contributed by atoms with Gasteiger partial charge in [-0.25, -0.2) is 4.79 Å². The fourth-order valence-electron chi connectivity index (χ4n) is 0.757. The summed E-state index contributed by atoms with van der Waals surface area (Å²) in [4.78, 5) is 10.6. The zero-order valence-electron chi connectivity index (χ0n) is 7.47. The fourth-order valence-corrected chi connectivity index (χ4v) is 0.757. The molecule has 14 heavy (non-hydrogen) atoms. The zero-order chi connectivity index (χ0) is 10.4. The van der Waals surface area contributed by atoms with Crippen LogP contribution in [0, 0.1) is 0 Å². The van der Waals surface area contributed by atoms with E-state index in [0.29, 0.717) is 5.75 Å². The van der Waals surface area contributed by atoms with Gasteiger partial charge in [-0.2, -0.15) is 0 Å². The second-order valence-corrected chi connectivity index (χ2v) is 2.42. The van der Waals surface area contributed by atoms with Gasteiger partial charge in [0, 0.05) is 6.08 Å². The van der Waals surface area contributed by atoms with Crippen LogP contribution in [0.25, 0.3) is 0 Å². The van der Waals surface area contributed by atoms with Crippen LogP contribution in [0.4, 0.5) is 0 Å². The molecule has 0 unspecified atom stereocenters. The van der Waals surface area contributed by atoms with Gasteiger partial charge in [0.15, 0.2) is 0 Å². The number of hydrogen-bond donors (Lipinski definition) is 1. The molecule has 0 saturated carbocycles. The van der Waals surface area contributed by atoms with Crippen LogP contribution in [0.1, 0.15) is 0 Å². The Balaban J connectivity index is 2.35. The van der Waals surface area contributed by atoms with Crippen molar-refractivity contribution < 1.29 is 19.2 Å². The summed E-state index contributed by atoms with van der Waals surface area (Å²) < 4.78 is 9.62. The first-order chi connectivity index (χ1) is 6.72. The summed E-state index contributed by atoms with van der Waals surface area (Å²) in [7, 11) is -0.171. The first-order valence-electron chi connectivity index (χ1n) is 3.93. The van der Waals surface area contributed by atoms with Gasteiger partial charge < -0.3 is 14.4 Å². The predicted molar refractivity (Wildman–Crippen MR) is 52.2 cm³/mol. The van der Waals surface area contributed by atoms with E-state index in [4.69, 9.17) is 9.76 Å². The molecule has 1 N–H and O–H groups in total. The number of phenolic OH excluding ortho intramolecular Hbond substituents is 1. The molecule has 0 aliphatic rings. The topological polar surface area (TPSA) is 55.8 Å². The van der Waals surface area contributed by atoms with Gasteiger partial charge in [0.2, 0.25) is 0 Å². The van der Waals surface area contributed by atoms with Crippen molar-refractivity contribution in [3.05, 3.63) is 36.9 Å². The lowest BCUT2D eigenvalue weighted by Crippen LogP contribution is -2.11. The number of carbonyl (C=O) groups is 1. The summed E-state index contributed by atoms with van der Waals surface area (Å²) in [5.41, 5.74) is 0. The van der Waals surface area contributed by atoms with E-state index in [-0.39, 0.29) is 13.4 Å². The molecule has 0 aromatic heterocycles. The number of benzene rings is 1. The average molecular weight is 192 g/mol. The van der Waals surface area contributed by atoms with Gasteiger partial charge in [0.1, 0.15) is 11.5 Å². The van der Waals surface area contributed by atoms with E-state index in [1.54, 1.807) is 12.1 Å². The number of phenols is 1. The minimum Gasteiger partial charge on any atom is -0.528 e. The Hall–Kier alpha value is -1.91. The number of hydrogen-bond acceptors (Lipinski definition) is 4. The highest BCUT2D eigenvalue weighted by molar-refractivity contribution is 6.24. The fraction of sp³-hybridized carbons (Fsp3) is 0. The highest BCUT2D eigenvalue weighted by Gasteiger charge is 2.00. The molecule has 0 aliphatic carbocycles. The summed E-state index contributed by atoms with van der Waals surface area (Å²) in [6.45, 7) is 3.23. The average Bonchev–Trinajstić information content (AvgIpc) is 2.21. The molecule has 0 atom stereocenters. The largest absolute Gasteiger partial charge is 0.578 e. The predicted octanol–water partition coefficient (Wildman–Crippen LogP) is 0.767. The maximum Gasteiger partial charge on any atom is 0.578 e. The quantitative estimate of drug-likeness (QED) is 0.565. The van der Waals surface area contributed by atoms with Crippen molar-refractivity contribution in [2.45, 2.75) is 0 Å². The minimum atomic E-state index is -0.538. The van der Waals surface area contributed by atoms with E-state index < -0.39 is 5.97 Å². The summed E-state index contributed by atoms with van der Waals surface area (Å²) >= 11 is 0. The third-order valence-electron chi connectivity index (χ3n) is 1.43. The number of carbonyl (C=O) groups excluding carboxylic acids is 1. The summed E-state index contributed by atoms with van der Waals surface area (Å²) in [6, 6.07) is 6.09. The van der Waals surface area contributed by atoms with Crippen molar-refractivity contribution in [2.75, 3.05) is 0 Å². The van der Waals surface area contributed by atoms with Gasteiger partial charge >= 0.3 is 13.7 Å². The van der Waals surface area contributed by atoms with Crippen LogP contribution in [0.5, 0.6) is 11.5 Å². The molecule has 0 saturated heterocycles. The van der Waals surface area contributed by atoms with E-state index in [0.717, 1.165) is 6.08 Å². The van der Waals surface area contributed by atoms with Crippen LogP contribution in [-0.2, 0) is 9.45 Å². The standard InChI is InChI=1S/C9H9BO4/c1-2-9(12)14-10-13-8-5-3-7(11)4-6-8/h2-6,10-11H,1H2. The van der Waals surface area contributed by atoms with Gasteiger partial charge in [0.05, 0.1) is 0 Å². The second-order valence-electron chi connectivity index (χ2n) is 2.42. The maximum atomic E-state index is 10.6. The highest BCUT2D eigenvalue weighted by atomic mass is 16.6. The van der Waals surface area contributed by atoms with Crippen LogP contribution in [0.3, 0.4) is 0 Å². The van der Waals surface area contributed by atoms with Gasteiger partial charge in [-0.1, -0.05) is 6.58 Å². The Morgan fingerprint density at radius 2 is 2.07 bits per heavy atom. The van der Waals surface area contributed by atoms with Crippen LogP contribution in [-0.4, -0.2) is 18.8 Å². The molecule has 0 bridgehead atoms. The molecular formula is C9H9BO4. The molecule has 0 aliphatic heterocycles. The molecular weight excluding hydrogens is 183 g/mol. The molecule has 5 heteroatoms. The Labute approximate surface area is 82.1 Å². The number of aromatic hydroxyl groups is 1. The lowest BCUT2D eigenvalue weighted by atomic mass is 10.3. The van der Waals surface area contributed by atoms with Crippen LogP contribution < -0.4 is 4.65 Å². The molecule has 0 amide bonds. The van der Waals surface area contributed by atoms with Crippen LogP contribution in [0.15, 0.2) is 36.9 Å². The van der Waals surface area contributed by atoms with E-state index in [1.807, 2.05) is 0 Å². The Bertz CT molecular complexity index is 320. The molecule has 1 aromatic carbocycles. The van der Waals surface area contributed by atoms with E-state index in [1.165, 1.54) is 12.1 Å². The first kappa shape index (κ1) is 10.2. The summed E-state index contributed by atoms with van der Waals surface area (Å²) in [5, 5.41) is 8.95. The number of rotatable bonds is 4. The van der Waals surface area contributed by atoms with Gasteiger partial charge in [-0.15, -0.1) is 0 Å². The Morgan fingerprint density at radius 3 is 2.64 bits per heavy atom. The molecule has 0 heterocycles. The van der Waals surface area contributed by atoms with Crippen molar-refractivity contribution in [3.63, 3.8) is 0 Å². The molecule has 4 nitrogen and oxygen atoms in total.